The van der Waals surface area contributed by atoms with Crippen molar-refractivity contribution in [2.24, 2.45) is 0 Å². The van der Waals surface area contributed by atoms with E-state index in [2.05, 4.69) is 22.4 Å². The molecule has 1 rings (SSSR count). The minimum Gasteiger partial charge on any atom is -0.385 e. The quantitative estimate of drug-likeness (QED) is 0.557. The van der Waals surface area contributed by atoms with Crippen LogP contribution in [-0.2, 0) is 4.74 Å². The van der Waals surface area contributed by atoms with Gasteiger partial charge < -0.3 is 10.1 Å². The SMILES string of the molecule is COCCCNCC(C)Sc1nnc(SC)s1. The van der Waals surface area contributed by atoms with Gasteiger partial charge in [-0.25, -0.2) is 0 Å². The highest BCUT2D eigenvalue weighted by Gasteiger charge is 2.08. The summed E-state index contributed by atoms with van der Waals surface area (Å²) in [5, 5.41) is 12.2. The Hall–Kier alpha value is 0.180. The fourth-order valence-electron chi connectivity index (χ4n) is 1.19. The zero-order valence-corrected chi connectivity index (χ0v) is 12.9. The van der Waals surface area contributed by atoms with Gasteiger partial charge in [-0.05, 0) is 19.2 Å². The average Bonchev–Trinajstić information content (AvgIpc) is 2.76. The highest BCUT2D eigenvalue weighted by Crippen LogP contribution is 2.29. The Balaban J connectivity index is 2.13. The van der Waals surface area contributed by atoms with Gasteiger partial charge in [0.2, 0.25) is 0 Å². The van der Waals surface area contributed by atoms with Gasteiger partial charge in [0.1, 0.15) is 0 Å². The summed E-state index contributed by atoms with van der Waals surface area (Å²) in [6.07, 6.45) is 3.08. The van der Waals surface area contributed by atoms with Crippen molar-refractivity contribution in [2.75, 3.05) is 33.1 Å². The van der Waals surface area contributed by atoms with Gasteiger partial charge in [-0.15, -0.1) is 10.2 Å². The Morgan fingerprint density at radius 2 is 2.18 bits per heavy atom. The molecule has 0 fully saturated rings. The van der Waals surface area contributed by atoms with Gasteiger partial charge in [0.15, 0.2) is 8.68 Å². The second-order valence-electron chi connectivity index (χ2n) is 3.52. The molecule has 7 heteroatoms. The van der Waals surface area contributed by atoms with E-state index >= 15 is 0 Å². The monoisotopic (exact) mass is 293 g/mol. The molecule has 1 unspecified atom stereocenters. The molecule has 0 saturated carbocycles. The van der Waals surface area contributed by atoms with Crippen LogP contribution in [0.3, 0.4) is 0 Å². The summed E-state index contributed by atoms with van der Waals surface area (Å²) in [4.78, 5) is 0. The van der Waals surface area contributed by atoms with Gasteiger partial charge in [0, 0.05) is 25.5 Å². The van der Waals surface area contributed by atoms with Crippen LogP contribution < -0.4 is 5.32 Å². The average molecular weight is 293 g/mol. The molecule has 0 saturated heterocycles. The summed E-state index contributed by atoms with van der Waals surface area (Å²) in [6.45, 7) is 5.02. The Morgan fingerprint density at radius 1 is 1.41 bits per heavy atom. The molecule has 0 aromatic carbocycles. The van der Waals surface area contributed by atoms with Crippen molar-refractivity contribution in [3.05, 3.63) is 0 Å². The first kappa shape index (κ1) is 15.2. The molecule has 1 heterocycles. The maximum atomic E-state index is 5.00. The predicted molar refractivity (Wildman–Crippen MR) is 76.4 cm³/mol. The van der Waals surface area contributed by atoms with Gasteiger partial charge in [-0.2, -0.15) is 0 Å². The predicted octanol–water partition coefficient (Wildman–Crippen LogP) is 2.37. The maximum Gasteiger partial charge on any atom is 0.175 e. The van der Waals surface area contributed by atoms with Gasteiger partial charge in [0.25, 0.3) is 0 Å². The van der Waals surface area contributed by atoms with Crippen molar-refractivity contribution in [3.63, 3.8) is 0 Å². The number of hydrogen-bond donors (Lipinski definition) is 1. The van der Waals surface area contributed by atoms with Crippen LogP contribution in [0.4, 0.5) is 0 Å². The summed E-state index contributed by atoms with van der Waals surface area (Å²) >= 11 is 5.09. The Kier molecular flexibility index (Phi) is 8.21. The largest absolute Gasteiger partial charge is 0.385 e. The smallest absolute Gasteiger partial charge is 0.175 e. The van der Waals surface area contributed by atoms with Crippen LogP contribution in [0.25, 0.3) is 0 Å². The lowest BCUT2D eigenvalue weighted by Crippen LogP contribution is -2.24. The van der Waals surface area contributed by atoms with E-state index in [-0.39, 0.29) is 0 Å². The lowest BCUT2D eigenvalue weighted by molar-refractivity contribution is 0.194. The maximum absolute atomic E-state index is 5.00. The summed E-state index contributed by atoms with van der Waals surface area (Å²) in [6, 6.07) is 0. The molecule has 0 aliphatic carbocycles. The number of rotatable bonds is 9. The Bertz CT molecular complexity index is 309. The van der Waals surface area contributed by atoms with Gasteiger partial charge >= 0.3 is 0 Å². The molecule has 0 amide bonds. The van der Waals surface area contributed by atoms with Crippen LogP contribution in [0.5, 0.6) is 0 Å². The molecule has 1 aromatic rings. The van der Waals surface area contributed by atoms with Crippen LogP contribution in [0.1, 0.15) is 13.3 Å². The fourth-order valence-corrected chi connectivity index (χ4v) is 3.91. The van der Waals surface area contributed by atoms with Crippen molar-refractivity contribution in [1.29, 1.82) is 0 Å². The summed E-state index contributed by atoms with van der Waals surface area (Å²) in [5.41, 5.74) is 0. The molecule has 1 N–H and O–H groups in total. The van der Waals surface area contributed by atoms with Crippen molar-refractivity contribution < 1.29 is 4.74 Å². The van der Waals surface area contributed by atoms with Crippen molar-refractivity contribution in [2.45, 2.75) is 27.3 Å². The third-order valence-electron chi connectivity index (χ3n) is 2.00. The molecule has 0 radical (unpaired) electrons. The second-order valence-corrected chi connectivity index (χ2v) is 7.23. The van der Waals surface area contributed by atoms with Crippen LogP contribution in [0.15, 0.2) is 8.68 Å². The molecule has 0 bridgehead atoms. The van der Waals surface area contributed by atoms with E-state index in [1.807, 2.05) is 6.26 Å². The molecule has 1 aromatic heterocycles. The molecule has 0 aliphatic heterocycles. The number of thioether (sulfide) groups is 2. The first-order valence-corrected chi connectivity index (χ1v) is 8.42. The Morgan fingerprint density at radius 3 is 2.82 bits per heavy atom. The minimum atomic E-state index is 0.514. The molecule has 0 aliphatic rings. The first-order chi connectivity index (χ1) is 8.26. The minimum absolute atomic E-state index is 0.514. The number of nitrogens with zero attached hydrogens (tertiary/aromatic N) is 2. The Labute approximate surface area is 115 Å². The molecular weight excluding hydrogens is 274 g/mol. The van der Waals surface area contributed by atoms with E-state index in [0.29, 0.717) is 5.25 Å². The van der Waals surface area contributed by atoms with Gasteiger partial charge in [0.05, 0.1) is 0 Å². The van der Waals surface area contributed by atoms with E-state index in [1.54, 1.807) is 42.0 Å². The molecule has 1 atom stereocenters. The molecular formula is C10H19N3OS3. The topological polar surface area (TPSA) is 47.0 Å². The molecule has 0 spiro atoms. The summed E-state index contributed by atoms with van der Waals surface area (Å²) < 4.78 is 7.09. The lowest BCUT2D eigenvalue weighted by atomic mass is 10.4. The zero-order valence-electron chi connectivity index (χ0n) is 10.4. The summed E-state index contributed by atoms with van der Waals surface area (Å²) in [5.74, 6) is 0. The molecule has 4 nitrogen and oxygen atoms in total. The highest BCUT2D eigenvalue weighted by atomic mass is 32.2. The number of ether oxygens (including phenoxy) is 1. The lowest BCUT2D eigenvalue weighted by Gasteiger charge is -2.09. The summed E-state index contributed by atoms with van der Waals surface area (Å²) in [7, 11) is 1.73. The van der Waals surface area contributed by atoms with E-state index < -0.39 is 0 Å². The standard InChI is InChI=1S/C10H19N3OS3/c1-8(7-11-5-4-6-14-2)16-10-13-12-9(15-3)17-10/h8,11H,4-7H2,1-3H3. The highest BCUT2D eigenvalue weighted by molar-refractivity contribution is 8.03. The van der Waals surface area contributed by atoms with Crippen LogP contribution in [0, 0.1) is 0 Å². The van der Waals surface area contributed by atoms with Gasteiger partial charge in [-0.3, -0.25) is 0 Å². The van der Waals surface area contributed by atoms with E-state index in [4.69, 9.17) is 4.74 Å². The normalized spacial score (nSPS) is 12.9. The zero-order chi connectivity index (χ0) is 12.5. The number of hydrogen-bond acceptors (Lipinski definition) is 7. The van der Waals surface area contributed by atoms with Gasteiger partial charge in [-0.1, -0.05) is 41.8 Å². The van der Waals surface area contributed by atoms with E-state index in [1.165, 1.54) is 0 Å². The fraction of sp³-hybridized carbons (Fsp3) is 0.800. The number of aromatic nitrogens is 2. The second kappa shape index (κ2) is 9.16. The number of nitrogens with one attached hydrogen (secondary N) is 1. The number of methoxy groups -OCH3 is 1. The molecule has 17 heavy (non-hydrogen) atoms. The van der Waals surface area contributed by atoms with Crippen LogP contribution in [0.2, 0.25) is 0 Å². The van der Waals surface area contributed by atoms with Crippen molar-refractivity contribution in [1.82, 2.24) is 15.5 Å². The van der Waals surface area contributed by atoms with E-state index in [0.717, 1.165) is 34.8 Å². The first-order valence-electron chi connectivity index (χ1n) is 5.50. The van der Waals surface area contributed by atoms with Crippen molar-refractivity contribution in [3.8, 4) is 0 Å². The third kappa shape index (κ3) is 6.61. The van der Waals surface area contributed by atoms with Crippen LogP contribution >= 0.6 is 34.9 Å². The third-order valence-corrected chi connectivity index (χ3v) is 5.08. The van der Waals surface area contributed by atoms with Crippen molar-refractivity contribution >= 4 is 34.9 Å². The molecule has 98 valence electrons. The van der Waals surface area contributed by atoms with E-state index in [9.17, 15) is 0 Å². The van der Waals surface area contributed by atoms with Crippen LogP contribution in [-0.4, -0.2) is 48.5 Å².